The van der Waals surface area contributed by atoms with Gasteiger partial charge >= 0.3 is 0 Å². The summed E-state index contributed by atoms with van der Waals surface area (Å²) < 4.78 is 11.1. The van der Waals surface area contributed by atoms with E-state index in [0.29, 0.717) is 13.2 Å². The smallest absolute Gasteiger partial charge is 0.226 e. The maximum atomic E-state index is 12.8. The summed E-state index contributed by atoms with van der Waals surface area (Å²) in [6.45, 7) is 5.24. The van der Waals surface area contributed by atoms with Crippen LogP contribution in [0.4, 0.5) is 0 Å². The molecule has 174 valence electrons. The average Bonchev–Trinajstić information content (AvgIpc) is 3.53. The molecule has 1 aromatic heterocycles. The molecule has 1 amide bonds. The molecule has 33 heavy (non-hydrogen) atoms. The topological polar surface area (TPSA) is 63.7 Å². The second-order valence-corrected chi connectivity index (χ2v) is 8.94. The number of aromatic nitrogens is 1. The highest BCUT2D eigenvalue weighted by Gasteiger charge is 2.26. The summed E-state index contributed by atoms with van der Waals surface area (Å²) in [4.78, 5) is 19.9. The molecule has 0 spiro atoms. The number of carbonyl (C=O) groups excluding carboxylic acids is 1. The molecule has 0 bridgehead atoms. The van der Waals surface area contributed by atoms with Gasteiger partial charge in [-0.1, -0.05) is 18.2 Å². The van der Waals surface area contributed by atoms with Crippen LogP contribution in [0.5, 0.6) is 11.5 Å². The number of hydrogen-bond donors (Lipinski definition) is 1. The van der Waals surface area contributed by atoms with Gasteiger partial charge < -0.3 is 14.8 Å². The Balaban J connectivity index is 1.38. The van der Waals surface area contributed by atoms with Crippen molar-refractivity contribution >= 4 is 17.2 Å². The first kappa shape index (κ1) is 23.3. The Kier molecular flexibility index (Phi) is 7.96. The number of carbonyl (C=O) groups is 1. The van der Waals surface area contributed by atoms with Crippen LogP contribution in [0.2, 0.25) is 0 Å². The van der Waals surface area contributed by atoms with Crippen LogP contribution < -0.4 is 14.8 Å². The van der Waals surface area contributed by atoms with Gasteiger partial charge in [-0.25, -0.2) is 4.98 Å². The second kappa shape index (κ2) is 11.3. The number of nitrogens with one attached hydrogen (secondary N) is 1. The van der Waals surface area contributed by atoms with Crippen LogP contribution in [0.25, 0.3) is 10.6 Å². The van der Waals surface area contributed by atoms with Gasteiger partial charge in [0.05, 0.1) is 31.9 Å². The molecule has 1 saturated heterocycles. The number of amides is 1. The van der Waals surface area contributed by atoms with Crippen molar-refractivity contribution in [2.45, 2.75) is 32.2 Å². The van der Waals surface area contributed by atoms with Crippen LogP contribution in [0.15, 0.2) is 53.9 Å². The van der Waals surface area contributed by atoms with Crippen molar-refractivity contribution in [1.29, 1.82) is 0 Å². The normalized spacial score (nSPS) is 14.7. The summed E-state index contributed by atoms with van der Waals surface area (Å²) >= 11 is 1.55. The number of ether oxygens (including phenoxy) is 2. The largest absolute Gasteiger partial charge is 0.496 e. The van der Waals surface area contributed by atoms with E-state index >= 15 is 0 Å². The summed E-state index contributed by atoms with van der Waals surface area (Å²) in [6.07, 6.45) is 2.64. The number of rotatable bonds is 10. The number of methoxy groups -OCH3 is 1. The molecule has 2 aromatic carbocycles. The van der Waals surface area contributed by atoms with Crippen molar-refractivity contribution < 1.29 is 14.3 Å². The van der Waals surface area contributed by atoms with Gasteiger partial charge in [-0.15, -0.1) is 11.3 Å². The molecule has 0 saturated carbocycles. The fourth-order valence-electron chi connectivity index (χ4n) is 4.25. The highest BCUT2D eigenvalue weighted by Crippen LogP contribution is 2.31. The molecule has 4 rings (SSSR count). The first-order valence-corrected chi connectivity index (χ1v) is 12.4. The molecule has 1 fully saturated rings. The van der Waals surface area contributed by atoms with E-state index in [1.165, 1.54) is 12.8 Å². The van der Waals surface area contributed by atoms with Gasteiger partial charge in [0.15, 0.2) is 0 Å². The monoisotopic (exact) mass is 465 g/mol. The van der Waals surface area contributed by atoms with E-state index in [9.17, 15) is 4.79 Å². The molecule has 1 unspecified atom stereocenters. The van der Waals surface area contributed by atoms with Crippen molar-refractivity contribution in [3.8, 4) is 22.1 Å². The quantitative estimate of drug-likeness (QED) is 0.470. The van der Waals surface area contributed by atoms with Crippen LogP contribution in [0.3, 0.4) is 0 Å². The fourth-order valence-corrected chi connectivity index (χ4v) is 5.08. The third kappa shape index (κ3) is 5.92. The zero-order chi connectivity index (χ0) is 23.0. The predicted molar refractivity (Wildman–Crippen MR) is 132 cm³/mol. The van der Waals surface area contributed by atoms with Crippen LogP contribution in [0.1, 0.15) is 37.1 Å². The highest BCUT2D eigenvalue weighted by molar-refractivity contribution is 7.13. The SMILES string of the molecule is CCOc1ccc(-c2nc(CC(=O)NCC(c3ccccc3OC)N3CCCC3)cs2)cc1. The lowest BCUT2D eigenvalue weighted by atomic mass is 10.0. The van der Waals surface area contributed by atoms with Gasteiger partial charge in [0.2, 0.25) is 5.91 Å². The predicted octanol–water partition coefficient (Wildman–Crippen LogP) is 4.71. The molecule has 2 heterocycles. The summed E-state index contributed by atoms with van der Waals surface area (Å²) in [5.74, 6) is 1.70. The highest BCUT2D eigenvalue weighted by atomic mass is 32.1. The molecule has 0 radical (unpaired) electrons. The van der Waals surface area contributed by atoms with E-state index in [-0.39, 0.29) is 18.4 Å². The standard InChI is InChI=1S/C26H31N3O3S/c1-3-32-21-12-10-19(11-13-21)26-28-20(18-33-26)16-25(30)27-17-23(29-14-6-7-15-29)22-8-4-5-9-24(22)31-2/h4-5,8-13,18,23H,3,6-7,14-17H2,1-2H3,(H,27,30). The number of benzene rings is 2. The molecule has 6 nitrogen and oxygen atoms in total. The van der Waals surface area contributed by atoms with Crippen LogP contribution >= 0.6 is 11.3 Å². The van der Waals surface area contributed by atoms with E-state index in [1.807, 2.05) is 54.8 Å². The van der Waals surface area contributed by atoms with Crippen molar-refractivity contribution in [2.24, 2.45) is 0 Å². The Labute approximate surface area is 199 Å². The number of nitrogens with zero attached hydrogens (tertiary/aromatic N) is 2. The van der Waals surface area contributed by atoms with Gasteiger partial charge in [-0.05, 0) is 63.2 Å². The Morgan fingerprint density at radius 3 is 2.64 bits per heavy atom. The molecule has 1 aliphatic rings. The number of hydrogen-bond acceptors (Lipinski definition) is 6. The van der Waals surface area contributed by atoms with Gasteiger partial charge in [0.1, 0.15) is 16.5 Å². The molecule has 3 aromatic rings. The van der Waals surface area contributed by atoms with Crippen molar-refractivity contribution in [3.63, 3.8) is 0 Å². The van der Waals surface area contributed by atoms with E-state index in [1.54, 1.807) is 18.4 Å². The summed E-state index contributed by atoms with van der Waals surface area (Å²) in [5.41, 5.74) is 2.94. The summed E-state index contributed by atoms with van der Waals surface area (Å²) in [7, 11) is 1.70. The lowest BCUT2D eigenvalue weighted by molar-refractivity contribution is -0.120. The van der Waals surface area contributed by atoms with Crippen molar-refractivity contribution in [3.05, 3.63) is 65.2 Å². The Morgan fingerprint density at radius 2 is 1.91 bits per heavy atom. The van der Waals surface area contributed by atoms with E-state index in [0.717, 1.165) is 46.4 Å². The first-order chi connectivity index (χ1) is 16.2. The van der Waals surface area contributed by atoms with Crippen molar-refractivity contribution in [2.75, 3.05) is 33.4 Å². The minimum absolute atomic E-state index is 0.0161. The second-order valence-electron chi connectivity index (χ2n) is 8.08. The zero-order valence-electron chi connectivity index (χ0n) is 19.3. The van der Waals surface area contributed by atoms with Gasteiger partial charge in [-0.2, -0.15) is 0 Å². The van der Waals surface area contributed by atoms with Gasteiger partial charge in [0.25, 0.3) is 0 Å². The summed E-state index contributed by atoms with van der Waals surface area (Å²) in [6, 6.07) is 16.1. The minimum Gasteiger partial charge on any atom is -0.496 e. The fraction of sp³-hybridized carbons (Fsp3) is 0.385. The van der Waals surface area contributed by atoms with E-state index < -0.39 is 0 Å². The Hall–Kier alpha value is -2.90. The maximum absolute atomic E-state index is 12.8. The number of thiazole rings is 1. The molecular weight excluding hydrogens is 434 g/mol. The lowest BCUT2D eigenvalue weighted by Crippen LogP contribution is -2.37. The van der Waals surface area contributed by atoms with Crippen molar-refractivity contribution in [1.82, 2.24) is 15.2 Å². The van der Waals surface area contributed by atoms with E-state index in [4.69, 9.17) is 9.47 Å². The van der Waals surface area contributed by atoms with Gasteiger partial charge in [0, 0.05) is 23.1 Å². The number of likely N-dealkylation sites (tertiary alicyclic amines) is 1. The van der Waals surface area contributed by atoms with E-state index in [2.05, 4.69) is 21.3 Å². The lowest BCUT2D eigenvalue weighted by Gasteiger charge is -2.29. The molecule has 1 aliphatic heterocycles. The average molecular weight is 466 g/mol. The molecule has 1 N–H and O–H groups in total. The zero-order valence-corrected chi connectivity index (χ0v) is 20.1. The summed E-state index contributed by atoms with van der Waals surface area (Å²) in [5, 5.41) is 6.01. The molecular formula is C26H31N3O3S. The third-order valence-electron chi connectivity index (χ3n) is 5.88. The number of para-hydroxylation sites is 1. The van der Waals surface area contributed by atoms with Gasteiger partial charge in [-0.3, -0.25) is 9.69 Å². The Bertz CT molecular complexity index is 1040. The van der Waals surface area contributed by atoms with Crippen LogP contribution in [0, 0.1) is 0 Å². The first-order valence-electron chi connectivity index (χ1n) is 11.5. The van der Waals surface area contributed by atoms with Crippen LogP contribution in [-0.2, 0) is 11.2 Å². The molecule has 7 heteroatoms. The minimum atomic E-state index is -0.0161. The molecule has 1 atom stereocenters. The third-order valence-corrected chi connectivity index (χ3v) is 6.82. The Morgan fingerprint density at radius 1 is 1.15 bits per heavy atom. The maximum Gasteiger partial charge on any atom is 0.226 e. The molecule has 0 aliphatic carbocycles. The van der Waals surface area contributed by atoms with Crippen LogP contribution in [-0.4, -0.2) is 49.1 Å².